The third-order valence-corrected chi connectivity index (χ3v) is 2.60. The Morgan fingerprint density at radius 1 is 1.47 bits per heavy atom. The van der Waals surface area contributed by atoms with Gasteiger partial charge in [0.05, 0.1) is 12.1 Å². The Hall–Kier alpha value is -1.55. The molecule has 2 N–H and O–H groups in total. The SMILES string of the molecule is CC(C)(CO)c1ccc2oc(=O)[nH]c2c1. The molecule has 4 nitrogen and oxygen atoms in total. The molecule has 0 unspecified atom stereocenters. The lowest BCUT2D eigenvalue weighted by Crippen LogP contribution is -2.21. The second kappa shape index (κ2) is 3.24. The molecule has 80 valence electrons. The van der Waals surface area contributed by atoms with E-state index in [1.807, 2.05) is 26.0 Å². The van der Waals surface area contributed by atoms with E-state index in [2.05, 4.69) is 4.98 Å². The minimum absolute atomic E-state index is 0.0561. The Morgan fingerprint density at radius 2 is 2.20 bits per heavy atom. The molecule has 0 bridgehead atoms. The summed E-state index contributed by atoms with van der Waals surface area (Å²) in [6.07, 6.45) is 0. The first-order chi connectivity index (χ1) is 7.03. The number of hydrogen-bond donors (Lipinski definition) is 2. The van der Waals surface area contributed by atoms with Gasteiger partial charge in [-0.15, -0.1) is 0 Å². The van der Waals surface area contributed by atoms with Gasteiger partial charge in [0.1, 0.15) is 0 Å². The summed E-state index contributed by atoms with van der Waals surface area (Å²) in [6, 6.07) is 5.42. The van der Waals surface area contributed by atoms with E-state index in [1.54, 1.807) is 6.07 Å². The molecule has 0 fully saturated rings. The second-order valence-electron chi connectivity index (χ2n) is 4.27. The van der Waals surface area contributed by atoms with Crippen LogP contribution in [0.15, 0.2) is 27.4 Å². The first kappa shape index (κ1) is 9.98. The number of aliphatic hydroxyl groups excluding tert-OH is 1. The largest absolute Gasteiger partial charge is 0.417 e. The zero-order valence-corrected chi connectivity index (χ0v) is 8.70. The Morgan fingerprint density at radius 3 is 2.87 bits per heavy atom. The maximum absolute atomic E-state index is 10.9. The number of oxazole rings is 1. The van der Waals surface area contributed by atoms with Crippen LogP contribution in [0, 0.1) is 0 Å². The summed E-state index contributed by atoms with van der Waals surface area (Å²) in [5.41, 5.74) is 1.86. The molecule has 2 rings (SSSR count). The highest BCUT2D eigenvalue weighted by Gasteiger charge is 2.20. The summed E-state index contributed by atoms with van der Waals surface area (Å²) < 4.78 is 4.90. The minimum Gasteiger partial charge on any atom is -0.408 e. The monoisotopic (exact) mass is 207 g/mol. The van der Waals surface area contributed by atoms with Crippen LogP contribution in [0.25, 0.3) is 11.1 Å². The van der Waals surface area contributed by atoms with E-state index in [9.17, 15) is 9.90 Å². The molecule has 0 aliphatic carbocycles. The molecule has 1 heterocycles. The minimum atomic E-state index is -0.455. The van der Waals surface area contributed by atoms with Crippen molar-refractivity contribution in [1.82, 2.24) is 4.98 Å². The lowest BCUT2D eigenvalue weighted by molar-refractivity contribution is 0.218. The average Bonchev–Trinajstić information content (AvgIpc) is 2.56. The molecule has 1 aromatic heterocycles. The van der Waals surface area contributed by atoms with Gasteiger partial charge in [0.15, 0.2) is 5.58 Å². The molecular weight excluding hydrogens is 194 g/mol. The topological polar surface area (TPSA) is 66.2 Å². The number of fused-ring (bicyclic) bond motifs is 1. The summed E-state index contributed by atoms with van der Waals surface area (Å²) in [7, 11) is 0. The van der Waals surface area contributed by atoms with Crippen LogP contribution in [0.3, 0.4) is 0 Å². The fourth-order valence-corrected chi connectivity index (χ4v) is 1.46. The lowest BCUT2D eigenvalue weighted by Gasteiger charge is -2.21. The van der Waals surface area contributed by atoms with Crippen LogP contribution >= 0.6 is 0 Å². The zero-order valence-electron chi connectivity index (χ0n) is 8.70. The van der Waals surface area contributed by atoms with E-state index in [4.69, 9.17) is 4.42 Å². The molecule has 0 spiro atoms. The molecular formula is C11H13NO3. The molecule has 4 heteroatoms. The molecule has 15 heavy (non-hydrogen) atoms. The van der Waals surface area contributed by atoms with Crippen LogP contribution < -0.4 is 5.76 Å². The van der Waals surface area contributed by atoms with Crippen molar-refractivity contribution in [1.29, 1.82) is 0 Å². The van der Waals surface area contributed by atoms with Crippen LogP contribution in [0.4, 0.5) is 0 Å². The number of hydrogen-bond acceptors (Lipinski definition) is 3. The van der Waals surface area contributed by atoms with Gasteiger partial charge < -0.3 is 9.52 Å². The zero-order chi connectivity index (χ0) is 11.1. The first-order valence-corrected chi connectivity index (χ1v) is 4.77. The smallest absolute Gasteiger partial charge is 0.408 e. The quantitative estimate of drug-likeness (QED) is 0.782. The molecule has 0 atom stereocenters. The predicted molar refractivity (Wildman–Crippen MR) is 56.9 cm³/mol. The number of aliphatic hydroxyl groups is 1. The Bertz CT molecular complexity index is 536. The summed E-state index contributed by atoms with van der Waals surface area (Å²) in [6.45, 7) is 3.93. The lowest BCUT2D eigenvalue weighted by atomic mass is 9.85. The molecule has 0 saturated carbocycles. The average molecular weight is 207 g/mol. The number of benzene rings is 1. The van der Waals surface area contributed by atoms with Gasteiger partial charge in [-0.1, -0.05) is 19.9 Å². The molecule has 2 aromatic rings. The van der Waals surface area contributed by atoms with Crippen molar-refractivity contribution >= 4 is 11.1 Å². The predicted octanol–water partition coefficient (Wildman–Crippen LogP) is 1.39. The third kappa shape index (κ3) is 1.68. The summed E-state index contributed by atoms with van der Waals surface area (Å²) in [5, 5.41) is 9.23. The third-order valence-electron chi connectivity index (χ3n) is 2.60. The Balaban J connectivity index is 2.60. The van der Waals surface area contributed by atoms with Crippen molar-refractivity contribution in [3.63, 3.8) is 0 Å². The van der Waals surface area contributed by atoms with Crippen LogP contribution in [0.1, 0.15) is 19.4 Å². The fourth-order valence-electron chi connectivity index (χ4n) is 1.46. The van der Waals surface area contributed by atoms with Gasteiger partial charge in [-0.3, -0.25) is 4.98 Å². The number of rotatable bonds is 2. The Kier molecular flexibility index (Phi) is 2.16. The fraction of sp³-hybridized carbons (Fsp3) is 0.364. The molecule has 0 aliphatic heterocycles. The normalized spacial score (nSPS) is 12.2. The van der Waals surface area contributed by atoms with Gasteiger partial charge in [0.25, 0.3) is 0 Å². The van der Waals surface area contributed by atoms with Gasteiger partial charge >= 0.3 is 5.76 Å². The van der Waals surface area contributed by atoms with Crippen LogP contribution in [-0.2, 0) is 5.41 Å². The van der Waals surface area contributed by atoms with Crippen molar-refractivity contribution < 1.29 is 9.52 Å². The summed E-state index contributed by atoms with van der Waals surface area (Å²) >= 11 is 0. The number of aromatic amines is 1. The van der Waals surface area contributed by atoms with Gasteiger partial charge in [0.2, 0.25) is 0 Å². The van der Waals surface area contributed by atoms with Crippen molar-refractivity contribution in [3.05, 3.63) is 34.3 Å². The first-order valence-electron chi connectivity index (χ1n) is 4.77. The number of aromatic nitrogens is 1. The second-order valence-corrected chi connectivity index (χ2v) is 4.27. The van der Waals surface area contributed by atoms with Crippen molar-refractivity contribution in [2.24, 2.45) is 0 Å². The molecule has 1 aromatic carbocycles. The summed E-state index contributed by atoms with van der Waals surface area (Å²) in [5.74, 6) is -0.455. The van der Waals surface area contributed by atoms with Gasteiger partial charge in [-0.25, -0.2) is 4.79 Å². The molecule has 0 amide bonds. The van der Waals surface area contributed by atoms with Gasteiger partial charge in [-0.05, 0) is 17.7 Å². The van der Waals surface area contributed by atoms with Crippen molar-refractivity contribution in [2.45, 2.75) is 19.3 Å². The number of nitrogens with one attached hydrogen (secondary N) is 1. The van der Waals surface area contributed by atoms with E-state index < -0.39 is 5.76 Å². The van der Waals surface area contributed by atoms with Crippen molar-refractivity contribution in [3.8, 4) is 0 Å². The Labute approximate surface area is 86.5 Å². The molecule has 0 saturated heterocycles. The maximum atomic E-state index is 10.9. The van der Waals surface area contributed by atoms with Crippen LogP contribution in [0.5, 0.6) is 0 Å². The van der Waals surface area contributed by atoms with E-state index in [0.717, 1.165) is 5.56 Å². The standard InChI is InChI=1S/C11H13NO3/c1-11(2,6-13)7-3-4-9-8(5-7)12-10(14)15-9/h3-5,13H,6H2,1-2H3,(H,12,14). The summed E-state index contributed by atoms with van der Waals surface area (Å²) in [4.78, 5) is 13.5. The van der Waals surface area contributed by atoms with E-state index in [0.29, 0.717) is 11.1 Å². The van der Waals surface area contributed by atoms with E-state index in [-0.39, 0.29) is 12.0 Å². The van der Waals surface area contributed by atoms with E-state index in [1.165, 1.54) is 0 Å². The van der Waals surface area contributed by atoms with Gasteiger partial charge in [-0.2, -0.15) is 0 Å². The maximum Gasteiger partial charge on any atom is 0.417 e. The van der Waals surface area contributed by atoms with E-state index >= 15 is 0 Å². The highest BCUT2D eigenvalue weighted by molar-refractivity contribution is 5.73. The van der Waals surface area contributed by atoms with Crippen LogP contribution in [-0.4, -0.2) is 16.7 Å². The highest BCUT2D eigenvalue weighted by Crippen LogP contribution is 2.24. The molecule has 0 radical (unpaired) electrons. The highest BCUT2D eigenvalue weighted by atomic mass is 16.4. The van der Waals surface area contributed by atoms with Crippen LogP contribution in [0.2, 0.25) is 0 Å². The van der Waals surface area contributed by atoms with Crippen molar-refractivity contribution in [2.75, 3.05) is 6.61 Å². The molecule has 0 aliphatic rings. The van der Waals surface area contributed by atoms with Gasteiger partial charge in [0, 0.05) is 5.41 Å². The number of H-pyrrole nitrogens is 1.